The molecule has 0 unspecified atom stereocenters. The van der Waals surface area contributed by atoms with E-state index in [4.69, 9.17) is 0 Å². The van der Waals surface area contributed by atoms with Crippen LogP contribution in [0.25, 0.3) is 43.1 Å². The minimum absolute atomic E-state index is 1.02. The fourth-order valence-corrected chi connectivity index (χ4v) is 9.92. The molecule has 8 aromatic rings. The first-order valence-electron chi connectivity index (χ1n) is 17.9. The molecule has 3 aromatic heterocycles. The Labute approximate surface area is 323 Å². The van der Waals surface area contributed by atoms with E-state index in [2.05, 4.69) is 203 Å². The molecule has 5 heteroatoms. The molecule has 2 nitrogen and oxygen atoms in total. The largest absolute Gasteiger partial charge is 0.305 e. The zero-order valence-corrected chi connectivity index (χ0v) is 31.5. The first-order valence-corrected chi connectivity index (χ1v) is 20.5. The van der Waals surface area contributed by atoms with Gasteiger partial charge in [-0.25, -0.2) is 0 Å². The Bertz CT molecular complexity index is 2490. The third-order valence-electron chi connectivity index (χ3n) is 9.58. The lowest BCUT2D eigenvalue weighted by Crippen LogP contribution is -2.16. The number of para-hydroxylation sites is 1. The van der Waals surface area contributed by atoms with Gasteiger partial charge in [0.1, 0.15) is 10.0 Å². The maximum absolute atomic E-state index is 2.46. The molecule has 0 N–H and O–H groups in total. The maximum Gasteiger partial charge on any atom is 0.108 e. The third-order valence-corrected chi connectivity index (χ3v) is 12.6. The first kappa shape index (κ1) is 33.1. The van der Waals surface area contributed by atoms with E-state index in [1.165, 1.54) is 64.5 Å². The molecular formula is C48H36N2S3. The van der Waals surface area contributed by atoms with Gasteiger partial charge in [0.2, 0.25) is 0 Å². The summed E-state index contributed by atoms with van der Waals surface area (Å²) in [5.41, 5.74) is 12.2. The van der Waals surface area contributed by atoms with Crippen molar-refractivity contribution in [3.8, 4) is 43.1 Å². The Morgan fingerprint density at radius 1 is 0.415 bits per heavy atom. The molecule has 256 valence electrons. The van der Waals surface area contributed by atoms with E-state index >= 15 is 0 Å². The predicted molar refractivity (Wildman–Crippen MR) is 232 cm³/mol. The number of allylic oxidation sites excluding steroid dienone is 4. The number of rotatable bonds is 10. The molecule has 0 spiro atoms. The quantitative estimate of drug-likeness (QED) is 0.138. The fourth-order valence-electron chi connectivity index (χ4n) is 6.97. The second-order valence-electron chi connectivity index (χ2n) is 12.9. The van der Waals surface area contributed by atoms with Crippen LogP contribution in [0.3, 0.4) is 0 Å². The molecule has 3 heterocycles. The van der Waals surface area contributed by atoms with Crippen molar-refractivity contribution >= 4 is 61.1 Å². The van der Waals surface area contributed by atoms with Gasteiger partial charge in [-0.2, -0.15) is 0 Å². The molecule has 0 radical (unpaired) electrons. The molecule has 0 saturated heterocycles. The van der Waals surface area contributed by atoms with Gasteiger partial charge in [0, 0.05) is 43.6 Å². The van der Waals surface area contributed by atoms with Gasteiger partial charge >= 0.3 is 0 Å². The second-order valence-corrected chi connectivity index (χ2v) is 15.8. The lowest BCUT2D eigenvalue weighted by Gasteiger charge is -2.29. The SMILES string of the molecule is C1=CCCC(N(c2ccc(-c3ccc(-c4ccc(N(c5ccccc5)c5sccc5-c5ccccc5)cc4)s3)cc2)c2sccc2-c2ccccc2)=C1. The summed E-state index contributed by atoms with van der Waals surface area (Å²) in [5, 5.41) is 6.87. The highest BCUT2D eigenvalue weighted by Gasteiger charge is 2.22. The number of hydrogen-bond acceptors (Lipinski definition) is 5. The average molecular weight is 737 g/mol. The summed E-state index contributed by atoms with van der Waals surface area (Å²) in [6, 6.07) is 59.2. The van der Waals surface area contributed by atoms with Crippen LogP contribution >= 0.6 is 34.0 Å². The fraction of sp³-hybridized carbons (Fsp3) is 0.0417. The Morgan fingerprint density at radius 3 is 1.40 bits per heavy atom. The van der Waals surface area contributed by atoms with E-state index < -0.39 is 0 Å². The third kappa shape index (κ3) is 6.83. The van der Waals surface area contributed by atoms with Crippen molar-refractivity contribution in [2.24, 2.45) is 0 Å². The van der Waals surface area contributed by atoms with Crippen molar-refractivity contribution in [2.75, 3.05) is 9.80 Å². The van der Waals surface area contributed by atoms with Gasteiger partial charge in [-0.3, -0.25) is 0 Å². The van der Waals surface area contributed by atoms with E-state index in [-0.39, 0.29) is 0 Å². The maximum atomic E-state index is 2.46. The van der Waals surface area contributed by atoms with E-state index in [9.17, 15) is 0 Å². The van der Waals surface area contributed by atoms with Crippen LogP contribution in [-0.4, -0.2) is 0 Å². The topological polar surface area (TPSA) is 6.48 Å². The molecule has 0 fully saturated rings. The highest BCUT2D eigenvalue weighted by molar-refractivity contribution is 7.18. The van der Waals surface area contributed by atoms with Crippen LogP contribution in [-0.2, 0) is 0 Å². The summed E-state index contributed by atoms with van der Waals surface area (Å²) in [7, 11) is 0. The van der Waals surface area contributed by atoms with Crippen LogP contribution in [0.2, 0.25) is 0 Å². The molecular weight excluding hydrogens is 701 g/mol. The van der Waals surface area contributed by atoms with Crippen LogP contribution < -0.4 is 9.80 Å². The average Bonchev–Trinajstić information content (AvgIpc) is 4.03. The van der Waals surface area contributed by atoms with Crippen molar-refractivity contribution in [3.05, 3.63) is 198 Å². The Balaban J connectivity index is 0.998. The number of thiophene rings is 3. The number of hydrogen-bond donors (Lipinski definition) is 0. The molecule has 5 aromatic carbocycles. The molecule has 0 aliphatic heterocycles. The van der Waals surface area contributed by atoms with E-state index in [1.54, 1.807) is 22.7 Å². The van der Waals surface area contributed by atoms with Gasteiger partial charge in [0.25, 0.3) is 0 Å². The van der Waals surface area contributed by atoms with Gasteiger partial charge in [-0.15, -0.1) is 34.0 Å². The van der Waals surface area contributed by atoms with Gasteiger partial charge in [0.15, 0.2) is 0 Å². The second kappa shape index (κ2) is 15.1. The van der Waals surface area contributed by atoms with E-state index in [0.29, 0.717) is 0 Å². The molecule has 1 aliphatic rings. The zero-order valence-electron chi connectivity index (χ0n) is 29.0. The standard InChI is InChI=1S/C48H36N2S3/c1-5-13-35(14-6-1)43-31-33-51-47(43)49(39-17-9-3-10-18-39)41-25-21-37(22-26-41)45-29-30-46(53-45)38-23-27-42(28-24-38)50(40-19-11-4-12-20-40)48-44(32-34-52-48)36-15-7-2-8-16-36/h1-11,13-19,21-34H,12,20H2. The van der Waals surface area contributed by atoms with Crippen LogP contribution in [0, 0.1) is 0 Å². The highest BCUT2D eigenvalue weighted by atomic mass is 32.1. The monoisotopic (exact) mass is 736 g/mol. The smallest absolute Gasteiger partial charge is 0.108 e. The van der Waals surface area contributed by atoms with Gasteiger partial charge in [-0.05, 0) is 113 Å². The molecule has 9 rings (SSSR count). The Kier molecular flexibility index (Phi) is 9.44. The van der Waals surface area contributed by atoms with Crippen molar-refractivity contribution in [1.82, 2.24) is 0 Å². The summed E-state index contributed by atoms with van der Waals surface area (Å²) < 4.78 is 0. The molecule has 0 amide bonds. The van der Waals surface area contributed by atoms with Crippen LogP contribution in [0.5, 0.6) is 0 Å². The van der Waals surface area contributed by atoms with Crippen LogP contribution in [0.1, 0.15) is 12.8 Å². The van der Waals surface area contributed by atoms with Crippen molar-refractivity contribution in [1.29, 1.82) is 0 Å². The lowest BCUT2D eigenvalue weighted by atomic mass is 10.1. The van der Waals surface area contributed by atoms with Crippen LogP contribution in [0.4, 0.5) is 27.1 Å². The van der Waals surface area contributed by atoms with E-state index in [0.717, 1.165) is 24.2 Å². The summed E-state index contributed by atoms with van der Waals surface area (Å²) in [6.45, 7) is 0. The number of nitrogens with zero attached hydrogens (tertiary/aromatic N) is 2. The normalized spacial score (nSPS) is 12.4. The number of benzene rings is 5. The minimum atomic E-state index is 1.02. The van der Waals surface area contributed by atoms with Crippen molar-refractivity contribution < 1.29 is 0 Å². The molecule has 0 bridgehead atoms. The van der Waals surface area contributed by atoms with Crippen molar-refractivity contribution in [3.63, 3.8) is 0 Å². The van der Waals surface area contributed by atoms with Gasteiger partial charge in [0.05, 0.1) is 0 Å². The highest BCUT2D eigenvalue weighted by Crippen LogP contribution is 2.46. The Hall–Kier alpha value is -5.72. The molecule has 1 aliphatic carbocycles. The minimum Gasteiger partial charge on any atom is -0.305 e. The predicted octanol–water partition coefficient (Wildman–Crippen LogP) is 15.4. The van der Waals surface area contributed by atoms with E-state index in [1.807, 2.05) is 11.3 Å². The summed E-state index contributed by atoms with van der Waals surface area (Å²) in [6.07, 6.45) is 8.79. The number of anilines is 5. The van der Waals surface area contributed by atoms with Crippen LogP contribution in [0.15, 0.2) is 198 Å². The van der Waals surface area contributed by atoms with Gasteiger partial charge < -0.3 is 9.80 Å². The van der Waals surface area contributed by atoms with Crippen molar-refractivity contribution in [2.45, 2.75) is 12.8 Å². The summed E-state index contributed by atoms with van der Waals surface area (Å²) in [5.74, 6) is 0. The zero-order chi connectivity index (χ0) is 35.4. The van der Waals surface area contributed by atoms with Gasteiger partial charge in [-0.1, -0.05) is 115 Å². The lowest BCUT2D eigenvalue weighted by molar-refractivity contribution is 0.922. The summed E-state index contributed by atoms with van der Waals surface area (Å²) >= 11 is 5.42. The molecule has 53 heavy (non-hydrogen) atoms. The molecule has 0 atom stereocenters. The summed E-state index contributed by atoms with van der Waals surface area (Å²) in [4.78, 5) is 7.36. The first-order chi connectivity index (χ1) is 26.3. The molecule has 0 saturated carbocycles. The Morgan fingerprint density at radius 2 is 0.887 bits per heavy atom.